The molecule has 7 nitrogen and oxygen atoms in total. The second-order valence-corrected chi connectivity index (χ2v) is 9.00. The van der Waals surface area contributed by atoms with E-state index < -0.39 is 0 Å². The Bertz CT molecular complexity index is 1190. The van der Waals surface area contributed by atoms with Crippen molar-refractivity contribution in [3.05, 3.63) is 52.4 Å². The summed E-state index contributed by atoms with van der Waals surface area (Å²) in [5.41, 5.74) is 4.40. The van der Waals surface area contributed by atoms with Crippen LogP contribution in [0.25, 0.3) is 10.9 Å². The number of anilines is 1. The second kappa shape index (κ2) is 8.16. The Morgan fingerprint density at radius 2 is 2.12 bits per heavy atom. The fourth-order valence-electron chi connectivity index (χ4n) is 5.01. The third-order valence-electron chi connectivity index (χ3n) is 6.82. The van der Waals surface area contributed by atoms with Crippen molar-refractivity contribution in [1.29, 1.82) is 0 Å². The first-order valence-corrected chi connectivity index (χ1v) is 11.3. The first-order chi connectivity index (χ1) is 15.4. The molecule has 0 bridgehead atoms. The average molecular weight is 437 g/mol. The lowest BCUT2D eigenvalue weighted by Gasteiger charge is -2.33. The Labute approximate surface area is 187 Å². The third-order valence-corrected chi connectivity index (χ3v) is 6.82. The highest BCUT2D eigenvalue weighted by atomic mass is 19.1. The van der Waals surface area contributed by atoms with Crippen molar-refractivity contribution in [3.63, 3.8) is 0 Å². The van der Waals surface area contributed by atoms with Gasteiger partial charge in [0, 0.05) is 55.6 Å². The minimum Gasteiger partial charge on any atom is -0.373 e. The number of H-pyrrole nitrogens is 1. The van der Waals surface area contributed by atoms with Gasteiger partial charge in [-0.15, -0.1) is 0 Å². The summed E-state index contributed by atoms with van der Waals surface area (Å²) in [5, 5.41) is 4.00. The number of rotatable bonds is 3. The summed E-state index contributed by atoms with van der Waals surface area (Å²) < 4.78 is 13.7. The van der Waals surface area contributed by atoms with Crippen molar-refractivity contribution in [1.82, 2.24) is 24.8 Å². The lowest BCUT2D eigenvalue weighted by molar-refractivity contribution is 0.0698. The first-order valence-electron chi connectivity index (χ1n) is 11.3. The number of likely N-dealkylation sites (N-methyl/N-ethyl adjacent to an activating group) is 1. The zero-order valence-electron chi connectivity index (χ0n) is 18.8. The van der Waals surface area contributed by atoms with Crippen LogP contribution in [0.1, 0.15) is 51.9 Å². The molecule has 3 aromatic rings. The van der Waals surface area contributed by atoms with Gasteiger partial charge in [-0.1, -0.05) is 0 Å². The Balaban J connectivity index is 1.42. The van der Waals surface area contributed by atoms with Crippen LogP contribution in [0.5, 0.6) is 0 Å². The zero-order chi connectivity index (χ0) is 22.4. The van der Waals surface area contributed by atoms with E-state index in [4.69, 9.17) is 9.97 Å². The van der Waals surface area contributed by atoms with Gasteiger partial charge in [0.25, 0.3) is 5.91 Å². The molecule has 4 heterocycles. The molecule has 2 aliphatic rings. The fraction of sp³-hybridized carbons (Fsp3) is 0.458. The van der Waals surface area contributed by atoms with Crippen LogP contribution in [-0.2, 0) is 13.0 Å². The minimum absolute atomic E-state index is 0.0460. The van der Waals surface area contributed by atoms with Gasteiger partial charge in [-0.2, -0.15) is 0 Å². The van der Waals surface area contributed by atoms with Gasteiger partial charge >= 0.3 is 0 Å². The average Bonchev–Trinajstić information content (AvgIpc) is 3.13. The first kappa shape index (κ1) is 20.9. The standard InChI is InChI=1S/C24H29FN6O/c1-14-18-11-16(25)6-7-19(18)27-21(14)24(32)31-9-4-5-15(12-31)22-28-20-13-30(3)10-8-17(20)23(26-2)29-22/h6-7,11,15,27H,4-5,8-10,12-13H2,1-3H3,(H,26,28,29)/t15-/m1/s1. The van der Waals surface area contributed by atoms with Crippen LogP contribution in [0.15, 0.2) is 18.2 Å². The quantitative estimate of drug-likeness (QED) is 0.658. The van der Waals surface area contributed by atoms with Crippen molar-refractivity contribution >= 4 is 22.6 Å². The van der Waals surface area contributed by atoms with Crippen molar-refractivity contribution in [2.24, 2.45) is 0 Å². The van der Waals surface area contributed by atoms with Crippen molar-refractivity contribution in [2.75, 3.05) is 39.0 Å². The highest BCUT2D eigenvalue weighted by molar-refractivity contribution is 6.01. The Hall–Kier alpha value is -3.00. The number of hydrogen-bond donors (Lipinski definition) is 2. The number of likely N-dealkylation sites (tertiary alicyclic amines) is 1. The molecule has 0 unspecified atom stereocenters. The van der Waals surface area contributed by atoms with Crippen LogP contribution in [-0.4, -0.2) is 64.4 Å². The topological polar surface area (TPSA) is 77.1 Å². The highest BCUT2D eigenvalue weighted by Gasteiger charge is 2.30. The van der Waals surface area contributed by atoms with Gasteiger partial charge < -0.3 is 20.1 Å². The summed E-state index contributed by atoms with van der Waals surface area (Å²) in [7, 11) is 4.02. The zero-order valence-corrected chi connectivity index (χ0v) is 18.8. The van der Waals surface area contributed by atoms with Crippen molar-refractivity contribution < 1.29 is 9.18 Å². The summed E-state index contributed by atoms with van der Waals surface area (Å²) in [6, 6.07) is 4.58. The number of amides is 1. The monoisotopic (exact) mass is 436 g/mol. The predicted molar refractivity (Wildman–Crippen MR) is 122 cm³/mol. The van der Waals surface area contributed by atoms with Crippen LogP contribution in [0.3, 0.4) is 0 Å². The molecule has 1 saturated heterocycles. The maximum atomic E-state index is 13.7. The Morgan fingerprint density at radius 3 is 2.94 bits per heavy atom. The molecule has 0 saturated carbocycles. The van der Waals surface area contributed by atoms with Crippen LogP contribution in [0.2, 0.25) is 0 Å². The number of aromatic amines is 1. The van der Waals surface area contributed by atoms with E-state index in [0.29, 0.717) is 18.8 Å². The van der Waals surface area contributed by atoms with Gasteiger partial charge in [0.05, 0.1) is 5.69 Å². The number of nitrogens with zero attached hydrogens (tertiary/aromatic N) is 4. The number of carbonyl (C=O) groups is 1. The molecule has 168 valence electrons. The van der Waals surface area contributed by atoms with E-state index >= 15 is 0 Å². The number of fused-ring (bicyclic) bond motifs is 2. The summed E-state index contributed by atoms with van der Waals surface area (Å²) in [6.07, 6.45) is 2.80. The molecule has 0 radical (unpaired) electrons. The Morgan fingerprint density at radius 1 is 1.28 bits per heavy atom. The maximum Gasteiger partial charge on any atom is 0.270 e. The number of piperidine rings is 1. The minimum atomic E-state index is -0.299. The number of carbonyl (C=O) groups excluding carboxylic acids is 1. The number of hydrogen-bond acceptors (Lipinski definition) is 5. The van der Waals surface area contributed by atoms with Crippen LogP contribution in [0.4, 0.5) is 10.2 Å². The normalized spacial score (nSPS) is 19.2. The molecular formula is C24H29FN6O. The van der Waals surface area contributed by atoms with Crippen LogP contribution in [0, 0.1) is 12.7 Å². The van der Waals surface area contributed by atoms with Crippen molar-refractivity contribution in [2.45, 2.75) is 38.6 Å². The maximum absolute atomic E-state index is 13.7. The number of aromatic nitrogens is 3. The molecule has 8 heteroatoms. The van der Waals surface area contributed by atoms with E-state index in [0.717, 1.165) is 66.2 Å². The van der Waals surface area contributed by atoms with E-state index in [9.17, 15) is 9.18 Å². The van der Waals surface area contributed by atoms with Gasteiger partial charge in [0.2, 0.25) is 0 Å². The summed E-state index contributed by atoms with van der Waals surface area (Å²) in [5.74, 6) is 1.48. The van der Waals surface area contributed by atoms with Gasteiger partial charge in [0.1, 0.15) is 23.2 Å². The molecule has 2 aliphatic heterocycles. The molecular weight excluding hydrogens is 407 g/mol. The van der Waals surface area contributed by atoms with Gasteiger partial charge in [0.15, 0.2) is 0 Å². The molecule has 1 fully saturated rings. The predicted octanol–water partition coefficient (Wildman–Crippen LogP) is 3.45. The molecule has 1 aromatic carbocycles. The number of nitrogens with one attached hydrogen (secondary N) is 2. The molecule has 1 amide bonds. The van der Waals surface area contributed by atoms with E-state index in [1.807, 2.05) is 18.9 Å². The SMILES string of the molecule is CNc1nc([C@@H]2CCCN(C(=O)c3[nH]c4ccc(F)cc4c3C)C2)nc2c1CCN(C)C2. The summed E-state index contributed by atoms with van der Waals surface area (Å²) >= 11 is 0. The molecule has 0 spiro atoms. The van der Waals surface area contributed by atoms with E-state index in [1.165, 1.54) is 17.7 Å². The lowest BCUT2D eigenvalue weighted by atomic mass is 9.95. The largest absolute Gasteiger partial charge is 0.373 e. The van der Waals surface area contributed by atoms with Crippen LogP contribution < -0.4 is 5.32 Å². The number of benzene rings is 1. The van der Waals surface area contributed by atoms with E-state index in [1.54, 1.807) is 6.07 Å². The number of halogens is 1. The van der Waals surface area contributed by atoms with Crippen LogP contribution >= 0.6 is 0 Å². The third kappa shape index (κ3) is 3.62. The number of aryl methyl sites for hydroxylation is 1. The van der Waals surface area contributed by atoms with Gasteiger partial charge in [-0.3, -0.25) is 4.79 Å². The fourth-order valence-corrected chi connectivity index (χ4v) is 5.01. The van der Waals surface area contributed by atoms with E-state index in [2.05, 4.69) is 22.2 Å². The summed E-state index contributed by atoms with van der Waals surface area (Å²) in [6.45, 7) is 4.98. The Kier molecular flexibility index (Phi) is 5.33. The van der Waals surface area contributed by atoms with E-state index in [-0.39, 0.29) is 17.6 Å². The summed E-state index contributed by atoms with van der Waals surface area (Å²) in [4.78, 5) is 30.6. The molecule has 2 N–H and O–H groups in total. The molecule has 5 rings (SSSR count). The lowest BCUT2D eigenvalue weighted by Crippen LogP contribution is -2.40. The second-order valence-electron chi connectivity index (χ2n) is 9.00. The molecule has 1 atom stereocenters. The molecule has 2 aromatic heterocycles. The van der Waals surface area contributed by atoms with Crippen molar-refractivity contribution in [3.8, 4) is 0 Å². The molecule has 0 aliphatic carbocycles. The van der Waals surface area contributed by atoms with Gasteiger partial charge in [-0.25, -0.2) is 14.4 Å². The molecule has 32 heavy (non-hydrogen) atoms. The van der Waals surface area contributed by atoms with Gasteiger partial charge in [-0.05, 0) is 57.0 Å². The smallest absolute Gasteiger partial charge is 0.270 e. The highest BCUT2D eigenvalue weighted by Crippen LogP contribution is 2.31.